The Labute approximate surface area is 144 Å². The summed E-state index contributed by atoms with van der Waals surface area (Å²) >= 11 is 9.24. The summed E-state index contributed by atoms with van der Waals surface area (Å²) in [5, 5.41) is 7.09. The van der Waals surface area contributed by atoms with Gasteiger partial charge in [-0.3, -0.25) is 4.99 Å². The van der Waals surface area contributed by atoms with Gasteiger partial charge in [-0.05, 0) is 35.7 Å². The van der Waals surface area contributed by atoms with Gasteiger partial charge >= 0.3 is 0 Å². The molecule has 0 saturated carbocycles. The molecule has 22 heavy (non-hydrogen) atoms. The molecule has 0 atom stereocenters. The molecule has 0 aliphatic heterocycles. The van der Waals surface area contributed by atoms with Crippen LogP contribution >= 0.6 is 27.5 Å². The zero-order valence-electron chi connectivity index (χ0n) is 12.3. The van der Waals surface area contributed by atoms with Crippen LogP contribution in [0.25, 0.3) is 0 Å². The SMILES string of the molecule is CN=C(NCCc1ccc(Cl)nc1)NCc1cccc(Br)c1. The third kappa shape index (κ3) is 5.66. The quantitative estimate of drug-likeness (QED) is 0.474. The zero-order chi connectivity index (χ0) is 15.8. The van der Waals surface area contributed by atoms with Crippen LogP contribution in [0.4, 0.5) is 0 Å². The third-order valence-electron chi connectivity index (χ3n) is 3.07. The van der Waals surface area contributed by atoms with E-state index in [0.29, 0.717) is 5.15 Å². The average Bonchev–Trinajstić information content (AvgIpc) is 2.52. The molecule has 0 fully saturated rings. The molecule has 4 nitrogen and oxygen atoms in total. The summed E-state index contributed by atoms with van der Waals surface area (Å²) in [5.41, 5.74) is 2.33. The molecule has 0 amide bonds. The van der Waals surface area contributed by atoms with Crippen molar-refractivity contribution < 1.29 is 0 Å². The van der Waals surface area contributed by atoms with E-state index in [4.69, 9.17) is 11.6 Å². The van der Waals surface area contributed by atoms with Crippen molar-refractivity contribution in [2.24, 2.45) is 4.99 Å². The summed E-state index contributed by atoms with van der Waals surface area (Å²) in [5.74, 6) is 0.780. The number of hydrogen-bond acceptors (Lipinski definition) is 2. The van der Waals surface area contributed by atoms with Crippen molar-refractivity contribution >= 4 is 33.5 Å². The Balaban J connectivity index is 1.76. The van der Waals surface area contributed by atoms with Crippen LogP contribution in [0.2, 0.25) is 5.15 Å². The molecule has 0 aliphatic rings. The standard InChI is InChI=1S/C16H18BrClN4/c1-19-16(22-11-13-3-2-4-14(17)9-13)20-8-7-12-5-6-15(18)21-10-12/h2-6,9-10H,7-8,11H2,1H3,(H2,19,20,22). The molecule has 0 saturated heterocycles. The molecular weight excluding hydrogens is 364 g/mol. The van der Waals surface area contributed by atoms with Gasteiger partial charge in [0.25, 0.3) is 0 Å². The highest BCUT2D eigenvalue weighted by Gasteiger charge is 2.00. The summed E-state index contributed by atoms with van der Waals surface area (Å²) in [6.07, 6.45) is 2.66. The van der Waals surface area contributed by atoms with E-state index in [1.807, 2.05) is 18.2 Å². The maximum Gasteiger partial charge on any atom is 0.191 e. The molecule has 1 aromatic heterocycles. The Hall–Kier alpha value is -1.59. The minimum absolute atomic E-state index is 0.517. The second kappa shape index (κ2) is 8.76. The Kier molecular flexibility index (Phi) is 6.68. The van der Waals surface area contributed by atoms with E-state index in [9.17, 15) is 0 Å². The van der Waals surface area contributed by atoms with Crippen LogP contribution in [0.5, 0.6) is 0 Å². The largest absolute Gasteiger partial charge is 0.356 e. The number of nitrogens with zero attached hydrogens (tertiary/aromatic N) is 2. The van der Waals surface area contributed by atoms with Gasteiger partial charge < -0.3 is 10.6 Å². The highest BCUT2D eigenvalue weighted by atomic mass is 79.9. The summed E-state index contributed by atoms with van der Waals surface area (Å²) < 4.78 is 1.07. The monoisotopic (exact) mass is 380 g/mol. The number of halogens is 2. The first-order valence-electron chi connectivity index (χ1n) is 6.97. The van der Waals surface area contributed by atoms with Gasteiger partial charge in [0.1, 0.15) is 5.15 Å². The molecule has 2 rings (SSSR count). The Bertz CT molecular complexity index is 628. The predicted molar refractivity (Wildman–Crippen MR) is 95.3 cm³/mol. The van der Waals surface area contributed by atoms with Crippen LogP contribution < -0.4 is 10.6 Å². The number of nitrogens with one attached hydrogen (secondary N) is 2. The van der Waals surface area contributed by atoms with E-state index >= 15 is 0 Å². The fraction of sp³-hybridized carbons (Fsp3) is 0.250. The van der Waals surface area contributed by atoms with Gasteiger partial charge in [0.15, 0.2) is 5.96 Å². The Morgan fingerprint density at radius 1 is 1.23 bits per heavy atom. The van der Waals surface area contributed by atoms with Crippen molar-refractivity contribution in [2.45, 2.75) is 13.0 Å². The van der Waals surface area contributed by atoms with Crippen molar-refractivity contribution in [3.63, 3.8) is 0 Å². The first kappa shape index (κ1) is 16.8. The van der Waals surface area contributed by atoms with Crippen LogP contribution in [0.15, 0.2) is 52.1 Å². The number of guanidine groups is 1. The summed E-state index contributed by atoms with van der Waals surface area (Å²) in [6.45, 7) is 1.50. The Morgan fingerprint density at radius 3 is 2.77 bits per heavy atom. The van der Waals surface area contributed by atoms with Crippen molar-refractivity contribution in [2.75, 3.05) is 13.6 Å². The van der Waals surface area contributed by atoms with Gasteiger partial charge in [-0.1, -0.05) is 45.7 Å². The molecule has 6 heteroatoms. The van der Waals surface area contributed by atoms with Crippen LogP contribution in [0, 0.1) is 0 Å². The lowest BCUT2D eigenvalue weighted by Crippen LogP contribution is -2.37. The van der Waals surface area contributed by atoms with E-state index in [2.05, 4.69) is 48.7 Å². The molecule has 1 aromatic carbocycles. The van der Waals surface area contributed by atoms with E-state index in [0.717, 1.165) is 35.5 Å². The maximum absolute atomic E-state index is 5.77. The lowest BCUT2D eigenvalue weighted by molar-refractivity contribution is 0.793. The first-order valence-corrected chi connectivity index (χ1v) is 8.14. The van der Waals surface area contributed by atoms with Crippen molar-refractivity contribution in [1.82, 2.24) is 15.6 Å². The van der Waals surface area contributed by atoms with Gasteiger partial charge in [-0.2, -0.15) is 0 Å². The third-order valence-corrected chi connectivity index (χ3v) is 3.78. The number of aliphatic imine (C=N–C) groups is 1. The number of hydrogen-bond donors (Lipinski definition) is 2. The molecule has 0 unspecified atom stereocenters. The lowest BCUT2D eigenvalue weighted by Gasteiger charge is -2.12. The van der Waals surface area contributed by atoms with Crippen molar-refractivity contribution in [3.05, 3.63) is 63.3 Å². The van der Waals surface area contributed by atoms with Crippen LogP contribution in [0.3, 0.4) is 0 Å². The summed E-state index contributed by atoms with van der Waals surface area (Å²) in [4.78, 5) is 8.29. The summed E-state index contributed by atoms with van der Waals surface area (Å²) in [7, 11) is 1.76. The van der Waals surface area contributed by atoms with Crippen molar-refractivity contribution in [3.8, 4) is 0 Å². The molecule has 1 heterocycles. The molecule has 0 bridgehead atoms. The molecule has 2 aromatic rings. The van der Waals surface area contributed by atoms with Gasteiger partial charge in [0, 0.05) is 30.8 Å². The predicted octanol–water partition coefficient (Wildman–Crippen LogP) is 3.41. The maximum atomic E-state index is 5.77. The second-order valence-corrected chi connectivity index (χ2v) is 6.02. The number of benzene rings is 1. The molecule has 116 valence electrons. The topological polar surface area (TPSA) is 49.3 Å². The lowest BCUT2D eigenvalue weighted by atomic mass is 10.2. The average molecular weight is 382 g/mol. The van der Waals surface area contributed by atoms with E-state index in [1.54, 1.807) is 19.3 Å². The van der Waals surface area contributed by atoms with Crippen molar-refractivity contribution in [1.29, 1.82) is 0 Å². The second-order valence-electron chi connectivity index (χ2n) is 4.72. The molecule has 2 N–H and O–H groups in total. The number of pyridine rings is 1. The van der Waals surface area contributed by atoms with Gasteiger partial charge in [0.2, 0.25) is 0 Å². The Morgan fingerprint density at radius 2 is 2.09 bits per heavy atom. The fourth-order valence-electron chi connectivity index (χ4n) is 1.93. The zero-order valence-corrected chi connectivity index (χ0v) is 14.7. The molecular formula is C16H18BrClN4. The minimum atomic E-state index is 0.517. The molecule has 0 spiro atoms. The molecule has 0 radical (unpaired) electrons. The minimum Gasteiger partial charge on any atom is -0.356 e. The number of aromatic nitrogens is 1. The highest BCUT2D eigenvalue weighted by molar-refractivity contribution is 9.10. The first-order chi connectivity index (χ1) is 10.7. The van der Waals surface area contributed by atoms with Crippen LogP contribution in [0.1, 0.15) is 11.1 Å². The van der Waals surface area contributed by atoms with Gasteiger partial charge in [-0.25, -0.2) is 4.98 Å². The smallest absolute Gasteiger partial charge is 0.191 e. The van der Waals surface area contributed by atoms with Crippen LogP contribution in [-0.4, -0.2) is 24.5 Å². The van der Waals surface area contributed by atoms with Gasteiger partial charge in [0.05, 0.1) is 0 Å². The number of rotatable bonds is 5. The van der Waals surface area contributed by atoms with Gasteiger partial charge in [-0.15, -0.1) is 0 Å². The summed E-state index contributed by atoms with van der Waals surface area (Å²) in [6, 6.07) is 12.0. The van der Waals surface area contributed by atoms with E-state index < -0.39 is 0 Å². The normalized spacial score (nSPS) is 11.3. The van der Waals surface area contributed by atoms with E-state index in [-0.39, 0.29) is 0 Å². The van der Waals surface area contributed by atoms with Crippen LogP contribution in [-0.2, 0) is 13.0 Å². The van der Waals surface area contributed by atoms with E-state index in [1.165, 1.54) is 5.56 Å². The fourth-order valence-corrected chi connectivity index (χ4v) is 2.49. The highest BCUT2D eigenvalue weighted by Crippen LogP contribution is 2.11. The molecule has 0 aliphatic carbocycles.